The zero-order valence-corrected chi connectivity index (χ0v) is 19.9. The Morgan fingerprint density at radius 3 is 2.38 bits per heavy atom. The van der Waals surface area contributed by atoms with Gasteiger partial charge in [0.05, 0.1) is 13.0 Å². The fourth-order valence-corrected chi connectivity index (χ4v) is 3.12. The van der Waals surface area contributed by atoms with Crippen LogP contribution in [0.4, 0.5) is 0 Å². The van der Waals surface area contributed by atoms with Crippen LogP contribution in [0.2, 0.25) is 5.15 Å². The number of amides is 1. The van der Waals surface area contributed by atoms with E-state index in [0.717, 1.165) is 37.9 Å². The number of benzene rings is 1. The second kappa shape index (κ2) is 13.1. The first kappa shape index (κ1) is 25.7. The van der Waals surface area contributed by atoms with Gasteiger partial charge < -0.3 is 14.8 Å². The zero-order chi connectivity index (χ0) is 23.4. The molecule has 0 unspecified atom stereocenters. The summed E-state index contributed by atoms with van der Waals surface area (Å²) in [6, 6.07) is 10.9. The predicted octanol–water partition coefficient (Wildman–Crippen LogP) is 5.38. The van der Waals surface area contributed by atoms with Gasteiger partial charge in [-0.1, -0.05) is 30.5 Å². The van der Waals surface area contributed by atoms with Crippen LogP contribution in [0.3, 0.4) is 0 Å². The molecule has 1 aromatic carbocycles. The number of aryl methyl sites for hydroxylation is 1. The summed E-state index contributed by atoms with van der Waals surface area (Å²) in [6.45, 7) is 6.32. The van der Waals surface area contributed by atoms with Crippen LogP contribution in [0.5, 0.6) is 5.75 Å². The number of hydrogen-bond acceptors (Lipinski definition) is 5. The van der Waals surface area contributed by atoms with Crippen LogP contribution < -0.4 is 10.1 Å². The normalized spacial score (nSPS) is 11.1. The molecular weight excluding hydrogens is 428 g/mol. The van der Waals surface area contributed by atoms with Crippen molar-refractivity contribution in [2.45, 2.75) is 64.9 Å². The van der Waals surface area contributed by atoms with Crippen LogP contribution in [0.15, 0.2) is 42.6 Å². The fourth-order valence-electron chi connectivity index (χ4n) is 3.00. The molecule has 174 valence electrons. The Morgan fingerprint density at radius 1 is 1.00 bits per heavy atom. The molecule has 1 N–H and O–H groups in total. The largest absolute Gasteiger partial charge is 0.494 e. The standard InChI is InChI=1S/C25H33ClN2O4/c1-25(2,3)32-23(29)15-16-27-24(30)20-10-12-21(13-11-20)31-17-7-5-4-6-8-19-9-14-22(26)28-18-19/h9-14,18H,4-8,15-17H2,1-3H3,(H,27,30). The summed E-state index contributed by atoms with van der Waals surface area (Å²) in [5.41, 5.74) is 1.21. The van der Waals surface area contributed by atoms with Crippen molar-refractivity contribution in [3.63, 3.8) is 0 Å². The lowest BCUT2D eigenvalue weighted by molar-refractivity contribution is -0.154. The second-order valence-corrected chi connectivity index (χ2v) is 9.01. The quantitative estimate of drug-likeness (QED) is 0.261. The molecule has 0 aliphatic heterocycles. The first-order valence-electron chi connectivity index (χ1n) is 11.1. The maximum absolute atomic E-state index is 12.2. The SMILES string of the molecule is CC(C)(C)OC(=O)CCNC(=O)c1ccc(OCCCCCCc2ccc(Cl)nc2)cc1. The Labute approximate surface area is 195 Å². The van der Waals surface area contributed by atoms with Gasteiger partial charge in [-0.2, -0.15) is 0 Å². The van der Waals surface area contributed by atoms with Crippen molar-refractivity contribution in [1.29, 1.82) is 0 Å². The molecule has 0 saturated carbocycles. The maximum Gasteiger partial charge on any atom is 0.308 e. The first-order chi connectivity index (χ1) is 15.2. The highest BCUT2D eigenvalue weighted by Gasteiger charge is 2.16. The van der Waals surface area contributed by atoms with E-state index < -0.39 is 5.60 Å². The summed E-state index contributed by atoms with van der Waals surface area (Å²) < 4.78 is 11.0. The summed E-state index contributed by atoms with van der Waals surface area (Å²) in [5, 5.41) is 3.26. The average Bonchev–Trinajstić information content (AvgIpc) is 2.73. The molecule has 32 heavy (non-hydrogen) atoms. The monoisotopic (exact) mass is 460 g/mol. The Morgan fingerprint density at radius 2 is 1.72 bits per heavy atom. The fraction of sp³-hybridized carbons (Fsp3) is 0.480. The van der Waals surface area contributed by atoms with E-state index in [1.807, 2.05) is 39.1 Å². The van der Waals surface area contributed by atoms with Crippen molar-refractivity contribution >= 4 is 23.5 Å². The van der Waals surface area contributed by atoms with E-state index in [9.17, 15) is 9.59 Å². The smallest absolute Gasteiger partial charge is 0.308 e. The number of aromatic nitrogens is 1. The summed E-state index contributed by atoms with van der Waals surface area (Å²) >= 11 is 5.79. The van der Waals surface area contributed by atoms with E-state index in [0.29, 0.717) is 17.3 Å². The molecule has 0 radical (unpaired) electrons. The van der Waals surface area contributed by atoms with Crippen LogP contribution in [0.1, 0.15) is 68.8 Å². The van der Waals surface area contributed by atoms with Gasteiger partial charge in [-0.05, 0) is 75.9 Å². The molecule has 0 bridgehead atoms. The molecule has 0 aliphatic rings. The third-order valence-corrected chi connectivity index (χ3v) is 4.79. The minimum absolute atomic E-state index is 0.140. The van der Waals surface area contributed by atoms with Crippen LogP contribution in [0, 0.1) is 0 Å². The third-order valence-electron chi connectivity index (χ3n) is 4.57. The number of esters is 1. The van der Waals surface area contributed by atoms with Crippen molar-refractivity contribution in [3.8, 4) is 5.75 Å². The van der Waals surface area contributed by atoms with E-state index in [1.54, 1.807) is 24.3 Å². The lowest BCUT2D eigenvalue weighted by Gasteiger charge is -2.19. The molecule has 2 aromatic rings. The number of ether oxygens (including phenoxy) is 2. The minimum atomic E-state index is -0.522. The van der Waals surface area contributed by atoms with E-state index in [2.05, 4.69) is 10.3 Å². The summed E-state index contributed by atoms with van der Waals surface area (Å²) in [7, 11) is 0. The number of hydrogen-bond donors (Lipinski definition) is 1. The Bertz CT molecular complexity index is 846. The molecule has 7 heteroatoms. The van der Waals surface area contributed by atoms with Gasteiger partial charge in [-0.3, -0.25) is 9.59 Å². The molecule has 1 aromatic heterocycles. The number of rotatable bonds is 12. The van der Waals surface area contributed by atoms with Gasteiger partial charge in [0, 0.05) is 18.3 Å². The summed E-state index contributed by atoms with van der Waals surface area (Å²) in [6.07, 6.45) is 7.30. The summed E-state index contributed by atoms with van der Waals surface area (Å²) in [4.78, 5) is 28.0. The molecule has 0 aliphatic carbocycles. The highest BCUT2D eigenvalue weighted by molar-refractivity contribution is 6.29. The van der Waals surface area contributed by atoms with Gasteiger partial charge >= 0.3 is 5.97 Å². The van der Waals surface area contributed by atoms with E-state index >= 15 is 0 Å². The molecule has 0 atom stereocenters. The van der Waals surface area contributed by atoms with Crippen molar-refractivity contribution < 1.29 is 19.1 Å². The highest BCUT2D eigenvalue weighted by atomic mass is 35.5. The number of pyridine rings is 1. The first-order valence-corrected chi connectivity index (χ1v) is 11.4. The Kier molecular flexibility index (Phi) is 10.5. The van der Waals surface area contributed by atoms with Crippen molar-refractivity contribution in [2.24, 2.45) is 0 Å². The maximum atomic E-state index is 12.2. The van der Waals surface area contributed by atoms with Gasteiger partial charge in [0.25, 0.3) is 5.91 Å². The molecule has 0 fully saturated rings. The molecule has 1 heterocycles. The topological polar surface area (TPSA) is 77.5 Å². The second-order valence-electron chi connectivity index (χ2n) is 8.62. The number of nitrogens with zero attached hydrogens (tertiary/aromatic N) is 1. The molecule has 0 spiro atoms. The molecular formula is C25H33ClN2O4. The van der Waals surface area contributed by atoms with E-state index in [1.165, 1.54) is 5.56 Å². The predicted molar refractivity (Wildman–Crippen MR) is 126 cm³/mol. The number of nitrogens with one attached hydrogen (secondary N) is 1. The Balaban J connectivity index is 1.57. The average molecular weight is 461 g/mol. The number of carbonyl (C=O) groups excluding carboxylic acids is 2. The third kappa shape index (κ3) is 10.6. The lowest BCUT2D eigenvalue weighted by Crippen LogP contribution is -2.29. The van der Waals surface area contributed by atoms with Crippen LogP contribution in [-0.4, -0.2) is 35.6 Å². The molecule has 1 amide bonds. The van der Waals surface area contributed by atoms with Gasteiger partial charge in [0.15, 0.2) is 0 Å². The molecule has 6 nitrogen and oxygen atoms in total. The number of halogens is 1. The Hall–Kier alpha value is -2.60. The van der Waals surface area contributed by atoms with Crippen molar-refractivity contribution in [1.82, 2.24) is 10.3 Å². The van der Waals surface area contributed by atoms with E-state index in [-0.39, 0.29) is 24.8 Å². The van der Waals surface area contributed by atoms with Gasteiger partial charge in [0.1, 0.15) is 16.5 Å². The van der Waals surface area contributed by atoms with Gasteiger partial charge in [-0.25, -0.2) is 4.98 Å². The summed E-state index contributed by atoms with van der Waals surface area (Å²) in [5.74, 6) is 0.182. The lowest BCUT2D eigenvalue weighted by atomic mass is 10.1. The van der Waals surface area contributed by atoms with E-state index in [4.69, 9.17) is 21.1 Å². The van der Waals surface area contributed by atoms with Crippen LogP contribution in [-0.2, 0) is 16.0 Å². The van der Waals surface area contributed by atoms with Gasteiger partial charge in [-0.15, -0.1) is 0 Å². The van der Waals surface area contributed by atoms with Crippen molar-refractivity contribution in [3.05, 3.63) is 58.9 Å². The van der Waals surface area contributed by atoms with Crippen molar-refractivity contribution in [2.75, 3.05) is 13.2 Å². The number of unbranched alkanes of at least 4 members (excludes halogenated alkanes) is 3. The van der Waals surface area contributed by atoms with Gasteiger partial charge in [0.2, 0.25) is 0 Å². The van der Waals surface area contributed by atoms with Crippen LogP contribution >= 0.6 is 11.6 Å². The molecule has 0 saturated heterocycles. The zero-order valence-electron chi connectivity index (χ0n) is 19.2. The minimum Gasteiger partial charge on any atom is -0.494 e. The highest BCUT2D eigenvalue weighted by Crippen LogP contribution is 2.14. The molecule has 2 rings (SSSR count). The van der Waals surface area contributed by atoms with Crippen LogP contribution in [0.25, 0.3) is 0 Å². The number of carbonyl (C=O) groups is 2.